The number of carbonyl (C=O) groups excluding carboxylic acids is 1. The predicted octanol–water partition coefficient (Wildman–Crippen LogP) is 1.66. The zero-order valence-electron chi connectivity index (χ0n) is 20.4. The Morgan fingerprint density at radius 1 is 1.06 bits per heavy atom. The number of amides is 1. The van der Waals surface area contributed by atoms with Gasteiger partial charge in [-0.2, -0.15) is 0 Å². The van der Waals surface area contributed by atoms with Gasteiger partial charge in [0.1, 0.15) is 6.54 Å². The van der Waals surface area contributed by atoms with Gasteiger partial charge in [-0.1, -0.05) is 13.3 Å². The summed E-state index contributed by atoms with van der Waals surface area (Å²) in [5.41, 5.74) is 1.11. The minimum atomic E-state index is 0.000766. The van der Waals surface area contributed by atoms with Crippen molar-refractivity contribution in [3.8, 4) is 17.2 Å². The lowest BCUT2D eigenvalue weighted by Crippen LogP contribution is -2.52. The van der Waals surface area contributed by atoms with Crippen molar-refractivity contribution in [3.63, 3.8) is 0 Å². The lowest BCUT2D eigenvalue weighted by atomic mass is 10.1. The molecule has 0 aromatic heterocycles. The second kappa shape index (κ2) is 13.0. The van der Waals surface area contributed by atoms with Crippen LogP contribution in [0.5, 0.6) is 17.2 Å². The van der Waals surface area contributed by atoms with Gasteiger partial charge in [-0.25, -0.2) is 4.99 Å². The van der Waals surface area contributed by atoms with Crippen molar-refractivity contribution in [2.75, 3.05) is 74.7 Å². The van der Waals surface area contributed by atoms with E-state index in [-0.39, 0.29) is 12.5 Å². The number of hydrogen-bond acceptors (Lipinski definition) is 6. The maximum atomic E-state index is 12.0. The van der Waals surface area contributed by atoms with E-state index in [9.17, 15) is 4.79 Å². The van der Waals surface area contributed by atoms with Crippen LogP contribution in [0.4, 0.5) is 0 Å². The van der Waals surface area contributed by atoms with E-state index in [0.29, 0.717) is 17.2 Å². The van der Waals surface area contributed by atoms with Crippen LogP contribution >= 0.6 is 0 Å². The average molecular weight is 450 g/mol. The monoisotopic (exact) mass is 449 g/mol. The van der Waals surface area contributed by atoms with E-state index in [1.165, 1.54) is 0 Å². The van der Waals surface area contributed by atoms with E-state index in [1.54, 1.807) is 40.3 Å². The Kier molecular flexibility index (Phi) is 10.4. The number of guanidine groups is 1. The molecular weight excluding hydrogens is 410 g/mol. The second-order valence-electron chi connectivity index (χ2n) is 8.01. The van der Waals surface area contributed by atoms with Gasteiger partial charge in [-0.05, 0) is 24.1 Å². The minimum Gasteiger partial charge on any atom is -0.493 e. The lowest BCUT2D eigenvalue weighted by molar-refractivity contribution is -0.127. The van der Waals surface area contributed by atoms with Gasteiger partial charge in [0, 0.05) is 53.4 Å². The van der Waals surface area contributed by atoms with E-state index in [2.05, 4.69) is 27.0 Å². The Labute approximate surface area is 192 Å². The molecule has 1 amide bonds. The maximum absolute atomic E-state index is 12.0. The molecule has 0 spiro atoms. The van der Waals surface area contributed by atoms with Crippen molar-refractivity contribution >= 4 is 11.9 Å². The van der Waals surface area contributed by atoms with Crippen LogP contribution in [0.1, 0.15) is 25.3 Å². The van der Waals surface area contributed by atoms with Crippen LogP contribution in [0.2, 0.25) is 0 Å². The van der Waals surface area contributed by atoms with Crippen LogP contribution in [-0.2, 0) is 11.3 Å². The fourth-order valence-electron chi connectivity index (χ4n) is 3.53. The third-order valence-corrected chi connectivity index (χ3v) is 5.48. The number of hydrogen-bond donors (Lipinski definition) is 1. The molecule has 2 rings (SSSR count). The van der Waals surface area contributed by atoms with Crippen molar-refractivity contribution in [2.45, 2.75) is 26.3 Å². The standard InChI is InChI=1S/C23H39N5O4/c1-7-8-9-24-23(25-16-21(29)26(2)3)28-12-10-27(11-13-28)17-18-14-19(30-4)22(32-6)20(15-18)31-5/h14-15H,7-13,16-17H2,1-6H3,(H,24,25). The van der Waals surface area contributed by atoms with Gasteiger partial charge in [0.25, 0.3) is 0 Å². The highest BCUT2D eigenvalue weighted by molar-refractivity contribution is 5.84. The molecule has 1 aromatic carbocycles. The first kappa shape index (κ1) is 25.6. The van der Waals surface area contributed by atoms with Crippen molar-refractivity contribution in [1.29, 1.82) is 0 Å². The summed E-state index contributed by atoms with van der Waals surface area (Å²) in [6.07, 6.45) is 2.18. The predicted molar refractivity (Wildman–Crippen MR) is 127 cm³/mol. The van der Waals surface area contributed by atoms with E-state index in [4.69, 9.17) is 14.2 Å². The molecular formula is C23H39N5O4. The van der Waals surface area contributed by atoms with E-state index >= 15 is 0 Å². The fraction of sp³-hybridized carbons (Fsp3) is 0.652. The summed E-state index contributed by atoms with van der Waals surface area (Å²) in [6, 6.07) is 4.00. The van der Waals surface area contributed by atoms with Crippen molar-refractivity contribution < 1.29 is 19.0 Å². The van der Waals surface area contributed by atoms with Gasteiger partial charge in [0.2, 0.25) is 11.7 Å². The molecule has 1 aromatic rings. The highest BCUT2D eigenvalue weighted by atomic mass is 16.5. The number of likely N-dealkylation sites (N-methyl/N-ethyl adjacent to an activating group) is 1. The molecule has 9 nitrogen and oxygen atoms in total. The number of nitrogens with one attached hydrogen (secondary N) is 1. The maximum Gasteiger partial charge on any atom is 0.243 e. The first-order valence-corrected chi connectivity index (χ1v) is 11.2. The van der Waals surface area contributed by atoms with Crippen molar-refractivity contribution in [3.05, 3.63) is 17.7 Å². The molecule has 0 saturated carbocycles. The number of ether oxygens (including phenoxy) is 3. The van der Waals surface area contributed by atoms with Crippen molar-refractivity contribution in [2.24, 2.45) is 4.99 Å². The van der Waals surface area contributed by atoms with Crippen LogP contribution in [0, 0.1) is 0 Å². The first-order chi connectivity index (χ1) is 15.4. The number of rotatable bonds is 10. The molecule has 0 unspecified atom stereocenters. The average Bonchev–Trinajstić information content (AvgIpc) is 2.80. The highest BCUT2D eigenvalue weighted by Gasteiger charge is 2.21. The van der Waals surface area contributed by atoms with Gasteiger partial charge in [0.15, 0.2) is 17.5 Å². The molecule has 0 radical (unpaired) electrons. The van der Waals surface area contributed by atoms with E-state index in [1.807, 2.05) is 12.1 Å². The summed E-state index contributed by atoms with van der Waals surface area (Å²) in [7, 11) is 8.38. The molecule has 1 aliphatic heterocycles. The fourth-order valence-corrected chi connectivity index (χ4v) is 3.53. The molecule has 1 fully saturated rings. The van der Waals surface area contributed by atoms with Crippen LogP contribution in [0.25, 0.3) is 0 Å². The number of carbonyl (C=O) groups is 1. The summed E-state index contributed by atoms with van der Waals surface area (Å²) in [4.78, 5) is 22.8. The molecule has 1 N–H and O–H groups in total. The molecule has 9 heteroatoms. The third-order valence-electron chi connectivity index (χ3n) is 5.48. The Hall–Kier alpha value is -2.68. The summed E-state index contributed by atoms with van der Waals surface area (Å²) < 4.78 is 16.4. The van der Waals surface area contributed by atoms with Crippen LogP contribution < -0.4 is 19.5 Å². The van der Waals surface area contributed by atoms with Crippen LogP contribution in [0.3, 0.4) is 0 Å². The minimum absolute atomic E-state index is 0.000766. The lowest BCUT2D eigenvalue weighted by Gasteiger charge is -2.36. The van der Waals surface area contributed by atoms with Gasteiger partial charge >= 0.3 is 0 Å². The largest absolute Gasteiger partial charge is 0.493 e. The van der Waals surface area contributed by atoms with Gasteiger partial charge in [0.05, 0.1) is 21.3 Å². The molecule has 1 saturated heterocycles. The van der Waals surface area contributed by atoms with Crippen LogP contribution in [0.15, 0.2) is 17.1 Å². The molecule has 0 bridgehead atoms. The molecule has 0 aliphatic carbocycles. The summed E-state index contributed by atoms with van der Waals surface area (Å²) in [5, 5.41) is 3.43. The number of benzene rings is 1. The Morgan fingerprint density at radius 2 is 1.69 bits per heavy atom. The van der Waals surface area contributed by atoms with Gasteiger partial charge < -0.3 is 29.3 Å². The number of methoxy groups -OCH3 is 3. The highest BCUT2D eigenvalue weighted by Crippen LogP contribution is 2.38. The third kappa shape index (κ3) is 7.19. The van der Waals surface area contributed by atoms with E-state index < -0.39 is 0 Å². The SMILES string of the molecule is CCCCNC(=NCC(=O)N(C)C)N1CCN(Cc2cc(OC)c(OC)c(OC)c2)CC1. The number of unbranched alkanes of at least 4 members (excludes halogenated alkanes) is 1. The van der Waals surface area contributed by atoms with Gasteiger partial charge in [-0.3, -0.25) is 9.69 Å². The second-order valence-corrected chi connectivity index (χ2v) is 8.01. The molecule has 32 heavy (non-hydrogen) atoms. The van der Waals surface area contributed by atoms with Crippen molar-refractivity contribution in [1.82, 2.24) is 20.0 Å². The Morgan fingerprint density at radius 3 is 2.19 bits per heavy atom. The first-order valence-electron chi connectivity index (χ1n) is 11.2. The topological polar surface area (TPSA) is 78.9 Å². The molecule has 180 valence electrons. The summed E-state index contributed by atoms with van der Waals surface area (Å²) in [6.45, 7) is 7.45. The zero-order chi connectivity index (χ0) is 23.5. The zero-order valence-corrected chi connectivity index (χ0v) is 20.4. The molecule has 1 heterocycles. The van der Waals surface area contributed by atoms with Crippen LogP contribution in [-0.4, -0.2) is 101 Å². The molecule has 0 atom stereocenters. The molecule has 1 aliphatic rings. The number of aliphatic imine (C=N–C) groups is 1. The Balaban J connectivity index is 2.02. The summed E-state index contributed by atoms with van der Waals surface area (Å²) in [5.74, 6) is 2.76. The quantitative estimate of drug-likeness (QED) is 0.331. The number of nitrogens with zero attached hydrogens (tertiary/aromatic N) is 4. The normalized spacial score (nSPS) is 14.8. The number of piperazine rings is 1. The smallest absolute Gasteiger partial charge is 0.243 e. The Bertz CT molecular complexity index is 736. The summed E-state index contributed by atoms with van der Waals surface area (Å²) >= 11 is 0. The van der Waals surface area contributed by atoms with E-state index in [0.717, 1.165) is 63.6 Å². The van der Waals surface area contributed by atoms with Gasteiger partial charge in [-0.15, -0.1) is 0 Å².